The summed E-state index contributed by atoms with van der Waals surface area (Å²) in [5, 5.41) is 3.45. The van der Waals surface area contributed by atoms with Gasteiger partial charge in [0.1, 0.15) is 23.3 Å². The number of anilines is 1. The fraction of sp³-hybridized carbons (Fsp3) is 0.393. The molecule has 2 aliphatic heterocycles. The Kier molecular flexibility index (Phi) is 7.97. The van der Waals surface area contributed by atoms with Crippen molar-refractivity contribution in [2.24, 2.45) is 5.92 Å². The van der Waals surface area contributed by atoms with E-state index in [1.54, 1.807) is 4.57 Å². The average molecular weight is 536 g/mol. The summed E-state index contributed by atoms with van der Waals surface area (Å²) >= 11 is 0. The van der Waals surface area contributed by atoms with Crippen LogP contribution < -0.4 is 21.5 Å². The van der Waals surface area contributed by atoms with Crippen LogP contribution in [0.15, 0.2) is 65.7 Å². The quantitative estimate of drug-likeness (QED) is 0.384. The minimum absolute atomic E-state index is 0. The van der Waals surface area contributed by atoms with Gasteiger partial charge in [-0.25, -0.2) is 14.8 Å². The molecule has 6 rings (SSSR count). The minimum Gasteiger partial charge on any atom is -0.457 e. The topological polar surface area (TPSA) is 103 Å². The van der Waals surface area contributed by atoms with Crippen LogP contribution in [0.3, 0.4) is 0 Å². The lowest BCUT2D eigenvalue weighted by atomic mass is 9.96. The number of piperidine rings is 2. The second-order valence-corrected chi connectivity index (χ2v) is 10.1. The molecule has 38 heavy (non-hydrogen) atoms. The van der Waals surface area contributed by atoms with Crippen LogP contribution in [0.1, 0.15) is 31.7 Å². The molecule has 2 aromatic heterocycles. The third kappa shape index (κ3) is 5.27. The van der Waals surface area contributed by atoms with Crippen LogP contribution in [-0.4, -0.2) is 56.7 Å². The lowest BCUT2D eigenvalue weighted by molar-refractivity contribution is 0.150. The van der Waals surface area contributed by atoms with Gasteiger partial charge in [0.05, 0.1) is 5.69 Å². The normalized spacial score (nSPS) is 17.4. The molecule has 0 bridgehead atoms. The highest BCUT2D eigenvalue weighted by Crippen LogP contribution is 2.29. The van der Waals surface area contributed by atoms with Gasteiger partial charge in [0.25, 0.3) is 0 Å². The number of nitrogen functional groups attached to an aromatic ring is 1. The lowest BCUT2D eigenvalue weighted by Gasteiger charge is -2.35. The van der Waals surface area contributed by atoms with Gasteiger partial charge in [-0.15, -0.1) is 12.4 Å². The Morgan fingerprint density at radius 1 is 0.921 bits per heavy atom. The van der Waals surface area contributed by atoms with Gasteiger partial charge in [-0.05, 0) is 81.1 Å². The fourth-order valence-electron chi connectivity index (χ4n) is 5.71. The predicted molar refractivity (Wildman–Crippen MR) is 152 cm³/mol. The zero-order valence-corrected chi connectivity index (χ0v) is 22.1. The first kappa shape index (κ1) is 26.2. The van der Waals surface area contributed by atoms with Gasteiger partial charge in [-0.3, -0.25) is 9.13 Å². The SMILES string of the molecule is Cl.Nc1ncnc2c1n(-c1ccc(Oc3ccccc3)cc1)c(=O)n2C1CCN(CC2CCNCC2)CC1. The summed E-state index contributed by atoms with van der Waals surface area (Å²) in [6.07, 6.45) is 5.77. The van der Waals surface area contributed by atoms with Crippen LogP contribution in [-0.2, 0) is 0 Å². The number of fused-ring (bicyclic) bond motifs is 1. The first-order chi connectivity index (χ1) is 18.2. The first-order valence-electron chi connectivity index (χ1n) is 13.2. The second-order valence-electron chi connectivity index (χ2n) is 10.1. The molecule has 3 N–H and O–H groups in total. The van der Waals surface area contributed by atoms with Gasteiger partial charge in [0.15, 0.2) is 11.5 Å². The maximum Gasteiger partial charge on any atom is 0.335 e. The summed E-state index contributed by atoms with van der Waals surface area (Å²) in [5.74, 6) is 2.52. The van der Waals surface area contributed by atoms with E-state index in [4.69, 9.17) is 10.5 Å². The number of likely N-dealkylation sites (tertiary alicyclic amines) is 1. The molecule has 0 unspecified atom stereocenters. The number of benzene rings is 2. The number of rotatable bonds is 6. The standard InChI is InChI=1S/C28H33N7O2.ClH/c29-26-25-27(32-19-31-26)35(22-12-16-33(17-13-22)18-20-10-14-30-15-11-20)28(36)34(25)21-6-8-24(9-7-21)37-23-4-2-1-3-5-23;/h1-9,19-20,22,30H,10-18H2,(H2,29,31,32);1H. The van der Waals surface area contributed by atoms with Gasteiger partial charge >= 0.3 is 5.69 Å². The number of nitrogens with zero attached hydrogens (tertiary/aromatic N) is 5. The summed E-state index contributed by atoms with van der Waals surface area (Å²) in [7, 11) is 0. The van der Waals surface area contributed by atoms with Crippen LogP contribution in [0.4, 0.5) is 5.82 Å². The van der Waals surface area contributed by atoms with Crippen molar-refractivity contribution in [3.63, 3.8) is 0 Å². The summed E-state index contributed by atoms with van der Waals surface area (Å²) in [5.41, 5.74) is 8.03. The van der Waals surface area contributed by atoms with Crippen molar-refractivity contribution in [3.05, 3.63) is 71.4 Å². The molecule has 10 heteroatoms. The average Bonchev–Trinajstić information content (AvgIpc) is 3.24. The van der Waals surface area contributed by atoms with Gasteiger partial charge in [0.2, 0.25) is 0 Å². The highest BCUT2D eigenvalue weighted by atomic mass is 35.5. The van der Waals surface area contributed by atoms with Gasteiger partial charge in [-0.2, -0.15) is 0 Å². The third-order valence-electron chi connectivity index (χ3n) is 7.65. The molecule has 0 amide bonds. The number of nitrogens with two attached hydrogens (primary N) is 1. The highest BCUT2D eigenvalue weighted by molar-refractivity contribution is 5.85. The molecule has 2 fully saturated rings. The van der Waals surface area contributed by atoms with Crippen LogP contribution in [0.2, 0.25) is 0 Å². The largest absolute Gasteiger partial charge is 0.457 e. The number of halogens is 1. The van der Waals surface area contributed by atoms with E-state index < -0.39 is 0 Å². The van der Waals surface area contributed by atoms with Crippen molar-refractivity contribution in [2.45, 2.75) is 31.7 Å². The number of ether oxygens (including phenoxy) is 1. The number of hydrogen-bond donors (Lipinski definition) is 2. The Bertz CT molecular complexity index is 1410. The Hall–Kier alpha value is -3.40. The Morgan fingerprint density at radius 2 is 1.61 bits per heavy atom. The van der Waals surface area contributed by atoms with E-state index in [0.29, 0.717) is 28.4 Å². The van der Waals surface area contributed by atoms with Gasteiger partial charge < -0.3 is 20.7 Å². The molecular weight excluding hydrogens is 502 g/mol. The lowest BCUT2D eigenvalue weighted by Crippen LogP contribution is -2.41. The monoisotopic (exact) mass is 535 g/mol. The highest BCUT2D eigenvalue weighted by Gasteiger charge is 2.28. The van der Waals surface area contributed by atoms with Gasteiger partial charge in [0, 0.05) is 25.7 Å². The van der Waals surface area contributed by atoms with Crippen LogP contribution >= 0.6 is 12.4 Å². The summed E-state index contributed by atoms with van der Waals surface area (Å²) in [6, 6.07) is 17.2. The Balaban J connectivity index is 0.00000294. The molecule has 0 radical (unpaired) electrons. The van der Waals surface area contributed by atoms with Crippen LogP contribution in [0.25, 0.3) is 16.9 Å². The molecule has 0 aliphatic carbocycles. The molecule has 200 valence electrons. The summed E-state index contributed by atoms with van der Waals surface area (Å²) in [4.78, 5) is 25.1. The van der Waals surface area contributed by atoms with E-state index in [0.717, 1.165) is 57.2 Å². The van der Waals surface area contributed by atoms with E-state index >= 15 is 0 Å². The minimum atomic E-state index is -0.129. The number of para-hydroxylation sites is 1. The van der Waals surface area contributed by atoms with Crippen molar-refractivity contribution < 1.29 is 4.74 Å². The summed E-state index contributed by atoms with van der Waals surface area (Å²) < 4.78 is 9.40. The number of aromatic nitrogens is 4. The van der Waals surface area contributed by atoms with E-state index in [1.807, 2.05) is 59.2 Å². The molecular formula is C28H34ClN7O2. The third-order valence-corrected chi connectivity index (χ3v) is 7.65. The second kappa shape index (κ2) is 11.6. The van der Waals surface area contributed by atoms with Crippen LogP contribution in [0, 0.1) is 5.92 Å². The van der Waals surface area contributed by atoms with E-state index in [9.17, 15) is 4.79 Å². The van der Waals surface area contributed by atoms with E-state index in [2.05, 4.69) is 20.2 Å². The number of nitrogens with one attached hydrogen (secondary N) is 1. The zero-order valence-electron chi connectivity index (χ0n) is 21.3. The Labute approximate surface area is 228 Å². The smallest absolute Gasteiger partial charge is 0.335 e. The molecule has 0 atom stereocenters. The molecule has 2 saturated heterocycles. The number of imidazole rings is 1. The maximum atomic E-state index is 13.9. The van der Waals surface area contributed by atoms with Crippen molar-refractivity contribution in [1.29, 1.82) is 0 Å². The predicted octanol–water partition coefficient (Wildman–Crippen LogP) is 4.02. The van der Waals surface area contributed by atoms with E-state index in [-0.39, 0.29) is 24.1 Å². The molecule has 0 spiro atoms. The molecule has 9 nitrogen and oxygen atoms in total. The first-order valence-corrected chi connectivity index (χ1v) is 13.2. The zero-order chi connectivity index (χ0) is 25.2. The van der Waals surface area contributed by atoms with Crippen molar-refractivity contribution >= 4 is 29.4 Å². The van der Waals surface area contributed by atoms with Crippen molar-refractivity contribution in [3.8, 4) is 17.2 Å². The number of hydrogen-bond acceptors (Lipinski definition) is 7. The fourth-order valence-corrected chi connectivity index (χ4v) is 5.71. The van der Waals surface area contributed by atoms with E-state index in [1.165, 1.54) is 19.2 Å². The maximum absolute atomic E-state index is 13.9. The van der Waals surface area contributed by atoms with Gasteiger partial charge in [-0.1, -0.05) is 18.2 Å². The van der Waals surface area contributed by atoms with Crippen LogP contribution in [0.5, 0.6) is 11.5 Å². The Morgan fingerprint density at radius 3 is 2.32 bits per heavy atom. The molecule has 4 aromatic rings. The molecule has 0 saturated carbocycles. The molecule has 2 aromatic carbocycles. The van der Waals surface area contributed by atoms with Crippen molar-refractivity contribution in [1.82, 2.24) is 29.3 Å². The summed E-state index contributed by atoms with van der Waals surface area (Å²) in [6.45, 7) is 5.37. The van der Waals surface area contributed by atoms with Crippen molar-refractivity contribution in [2.75, 3.05) is 38.5 Å². The molecule has 2 aliphatic rings. The molecule has 4 heterocycles.